The van der Waals surface area contributed by atoms with Crippen molar-refractivity contribution in [3.8, 4) is 5.75 Å². The summed E-state index contributed by atoms with van der Waals surface area (Å²) >= 11 is 0. The maximum absolute atomic E-state index is 12.5. The summed E-state index contributed by atoms with van der Waals surface area (Å²) in [5.41, 5.74) is 1.02. The molecule has 0 saturated carbocycles. The molecule has 1 N–H and O–H groups in total. The van der Waals surface area contributed by atoms with Crippen molar-refractivity contribution in [3.63, 3.8) is 0 Å². The monoisotopic (exact) mass is 352 g/mol. The number of carbonyl (C=O) groups is 1. The van der Waals surface area contributed by atoms with Crippen LogP contribution in [0.5, 0.6) is 5.75 Å². The van der Waals surface area contributed by atoms with Crippen LogP contribution in [0.25, 0.3) is 10.8 Å². The maximum Gasteiger partial charge on any atom is 0.274 e. The van der Waals surface area contributed by atoms with Crippen molar-refractivity contribution in [3.05, 3.63) is 70.1 Å². The van der Waals surface area contributed by atoms with E-state index in [-0.39, 0.29) is 24.5 Å². The van der Waals surface area contributed by atoms with E-state index in [0.29, 0.717) is 16.7 Å². The number of aliphatic hydroxyl groups is 1. The molecule has 0 bridgehead atoms. The minimum Gasteiger partial charge on any atom is -0.491 e. The molecule has 0 radical (unpaired) electrons. The molecule has 6 heteroatoms. The molecule has 3 rings (SSSR count). The van der Waals surface area contributed by atoms with Gasteiger partial charge in [-0.2, -0.15) is 5.10 Å². The Labute approximate surface area is 150 Å². The van der Waals surface area contributed by atoms with E-state index in [0.717, 1.165) is 11.1 Å². The van der Waals surface area contributed by atoms with E-state index in [1.807, 2.05) is 19.1 Å². The zero-order valence-corrected chi connectivity index (χ0v) is 14.7. The van der Waals surface area contributed by atoms with Crippen LogP contribution < -0.4 is 10.3 Å². The largest absolute Gasteiger partial charge is 0.491 e. The highest BCUT2D eigenvalue weighted by molar-refractivity contribution is 5.94. The number of nitrogens with zero attached hydrogens (tertiary/aromatic N) is 2. The number of Topliss-reactive ketones (excluding diaryl/α,β-unsaturated/α-hetero) is 1. The zero-order chi connectivity index (χ0) is 18.7. The lowest BCUT2D eigenvalue weighted by Gasteiger charge is -2.15. The Morgan fingerprint density at radius 2 is 1.92 bits per heavy atom. The standard InChI is InChI=1S/C20H20N2O4/c1-13-18-8-3-4-9-19(18)20(25)22(21-13)11-16(24)12-26-17-7-5-6-15(10-17)14(2)23/h3-10,16,24H,11-12H2,1-2H3/t16-/m0/s1. The van der Waals surface area contributed by atoms with E-state index in [9.17, 15) is 14.7 Å². The van der Waals surface area contributed by atoms with Crippen molar-refractivity contribution in [2.75, 3.05) is 6.61 Å². The van der Waals surface area contributed by atoms with Gasteiger partial charge in [0.05, 0.1) is 17.6 Å². The molecule has 6 nitrogen and oxygen atoms in total. The predicted molar refractivity (Wildman–Crippen MR) is 98.7 cm³/mol. The summed E-state index contributed by atoms with van der Waals surface area (Å²) in [6.45, 7) is 3.32. The van der Waals surface area contributed by atoms with Crippen LogP contribution in [-0.4, -0.2) is 33.4 Å². The predicted octanol–water partition coefficient (Wildman–Crippen LogP) is 2.35. The molecule has 0 spiro atoms. The molecule has 0 fully saturated rings. The number of aliphatic hydroxyl groups excluding tert-OH is 1. The van der Waals surface area contributed by atoms with Gasteiger partial charge in [-0.1, -0.05) is 30.3 Å². The highest BCUT2D eigenvalue weighted by Crippen LogP contribution is 2.15. The molecule has 0 amide bonds. The van der Waals surface area contributed by atoms with Gasteiger partial charge in [0.15, 0.2) is 5.78 Å². The van der Waals surface area contributed by atoms with Gasteiger partial charge in [-0.05, 0) is 32.0 Å². The number of fused-ring (bicyclic) bond motifs is 1. The van der Waals surface area contributed by atoms with E-state index < -0.39 is 6.10 Å². The second kappa shape index (κ2) is 7.49. The third kappa shape index (κ3) is 3.81. The topological polar surface area (TPSA) is 81.4 Å². The van der Waals surface area contributed by atoms with Gasteiger partial charge in [-0.15, -0.1) is 0 Å². The lowest BCUT2D eigenvalue weighted by molar-refractivity contribution is 0.0879. The summed E-state index contributed by atoms with van der Waals surface area (Å²) in [5.74, 6) is 0.435. The molecule has 0 unspecified atom stereocenters. The fourth-order valence-electron chi connectivity index (χ4n) is 2.78. The Morgan fingerprint density at radius 3 is 2.65 bits per heavy atom. The summed E-state index contributed by atoms with van der Waals surface area (Å²) in [6, 6.07) is 14.0. The fourth-order valence-corrected chi connectivity index (χ4v) is 2.78. The molecule has 26 heavy (non-hydrogen) atoms. The number of benzene rings is 2. The Bertz CT molecular complexity index is 1010. The molecule has 1 aromatic heterocycles. The summed E-state index contributed by atoms with van der Waals surface area (Å²) in [4.78, 5) is 23.9. The smallest absolute Gasteiger partial charge is 0.274 e. The Kier molecular flexibility index (Phi) is 5.14. The average molecular weight is 352 g/mol. The molecule has 134 valence electrons. The normalized spacial score (nSPS) is 12.1. The molecular weight excluding hydrogens is 332 g/mol. The first kappa shape index (κ1) is 17.8. The fraction of sp³-hybridized carbons (Fsp3) is 0.250. The molecule has 0 saturated heterocycles. The molecular formula is C20H20N2O4. The van der Waals surface area contributed by atoms with Gasteiger partial charge in [0.25, 0.3) is 5.56 Å². The first-order chi connectivity index (χ1) is 12.5. The minimum absolute atomic E-state index is 0.0125. The quantitative estimate of drug-likeness (QED) is 0.689. The van der Waals surface area contributed by atoms with Gasteiger partial charge in [0.1, 0.15) is 18.5 Å². The Morgan fingerprint density at radius 1 is 1.19 bits per heavy atom. The van der Waals surface area contributed by atoms with Gasteiger partial charge in [0.2, 0.25) is 0 Å². The van der Waals surface area contributed by atoms with Crippen LogP contribution in [0.4, 0.5) is 0 Å². The number of carbonyl (C=O) groups excluding carboxylic acids is 1. The third-order valence-electron chi connectivity index (χ3n) is 4.12. The number of hydrogen-bond donors (Lipinski definition) is 1. The average Bonchev–Trinajstić information content (AvgIpc) is 2.64. The minimum atomic E-state index is -0.915. The molecule has 0 aliphatic rings. The second-order valence-corrected chi connectivity index (χ2v) is 6.17. The first-order valence-electron chi connectivity index (χ1n) is 8.34. The van der Waals surface area contributed by atoms with Crippen molar-refractivity contribution >= 4 is 16.6 Å². The van der Waals surface area contributed by atoms with Crippen LogP contribution >= 0.6 is 0 Å². The molecule has 0 aliphatic carbocycles. The number of aryl methyl sites for hydroxylation is 1. The molecule has 2 aromatic carbocycles. The van der Waals surface area contributed by atoms with Crippen LogP contribution in [0.2, 0.25) is 0 Å². The molecule has 0 aliphatic heterocycles. The third-order valence-corrected chi connectivity index (χ3v) is 4.12. The number of rotatable bonds is 6. The number of hydrogen-bond acceptors (Lipinski definition) is 5. The molecule has 1 heterocycles. The highest BCUT2D eigenvalue weighted by atomic mass is 16.5. The SMILES string of the molecule is CC(=O)c1cccc(OC[C@@H](O)Cn2nc(C)c3ccccc3c2=O)c1. The van der Waals surface area contributed by atoms with Crippen LogP contribution in [0, 0.1) is 6.92 Å². The summed E-state index contributed by atoms with van der Waals surface area (Å²) in [5, 5.41) is 15.9. The van der Waals surface area contributed by atoms with Gasteiger partial charge in [-0.25, -0.2) is 4.68 Å². The van der Waals surface area contributed by atoms with E-state index >= 15 is 0 Å². The van der Waals surface area contributed by atoms with Gasteiger partial charge < -0.3 is 9.84 Å². The van der Waals surface area contributed by atoms with Crippen molar-refractivity contribution < 1.29 is 14.6 Å². The van der Waals surface area contributed by atoms with Crippen LogP contribution in [-0.2, 0) is 6.54 Å². The van der Waals surface area contributed by atoms with Crippen molar-refractivity contribution in [1.82, 2.24) is 9.78 Å². The van der Waals surface area contributed by atoms with E-state index in [2.05, 4.69) is 5.10 Å². The Hall–Kier alpha value is -2.99. The van der Waals surface area contributed by atoms with Crippen LogP contribution in [0.3, 0.4) is 0 Å². The Balaban J connectivity index is 1.72. The molecule has 3 aromatic rings. The summed E-state index contributed by atoms with van der Waals surface area (Å²) in [6.07, 6.45) is -0.915. The lowest BCUT2D eigenvalue weighted by atomic mass is 10.1. The van der Waals surface area contributed by atoms with Crippen LogP contribution in [0.1, 0.15) is 23.0 Å². The van der Waals surface area contributed by atoms with Crippen molar-refractivity contribution in [1.29, 1.82) is 0 Å². The van der Waals surface area contributed by atoms with Crippen LogP contribution in [0.15, 0.2) is 53.3 Å². The zero-order valence-electron chi connectivity index (χ0n) is 14.7. The number of ketones is 1. The first-order valence-corrected chi connectivity index (χ1v) is 8.34. The van der Waals surface area contributed by atoms with Crippen molar-refractivity contribution in [2.45, 2.75) is 26.5 Å². The van der Waals surface area contributed by atoms with E-state index in [4.69, 9.17) is 4.74 Å². The summed E-state index contributed by atoms with van der Waals surface area (Å²) < 4.78 is 6.80. The van der Waals surface area contributed by atoms with E-state index in [1.54, 1.807) is 36.4 Å². The lowest BCUT2D eigenvalue weighted by Crippen LogP contribution is -2.32. The van der Waals surface area contributed by atoms with E-state index in [1.165, 1.54) is 11.6 Å². The van der Waals surface area contributed by atoms with Gasteiger partial charge >= 0.3 is 0 Å². The number of ether oxygens (including phenoxy) is 1. The maximum atomic E-state index is 12.5. The van der Waals surface area contributed by atoms with Gasteiger partial charge in [0, 0.05) is 10.9 Å². The van der Waals surface area contributed by atoms with Crippen molar-refractivity contribution in [2.24, 2.45) is 0 Å². The van der Waals surface area contributed by atoms with Gasteiger partial charge in [-0.3, -0.25) is 9.59 Å². The second-order valence-electron chi connectivity index (χ2n) is 6.17. The molecule has 1 atom stereocenters. The highest BCUT2D eigenvalue weighted by Gasteiger charge is 2.12. The summed E-state index contributed by atoms with van der Waals surface area (Å²) in [7, 11) is 0. The number of aromatic nitrogens is 2.